The first-order valence-electron chi connectivity index (χ1n) is 11.7. The number of anilines is 2. The monoisotopic (exact) mass is 465 g/mol. The van der Waals surface area contributed by atoms with Crippen molar-refractivity contribution in [1.29, 1.82) is 0 Å². The summed E-state index contributed by atoms with van der Waals surface area (Å²) in [6.45, 7) is 9.90. The number of hydrogen-bond acceptors (Lipinski definition) is 8. The predicted octanol–water partition coefficient (Wildman–Crippen LogP) is 3.08. The fourth-order valence-electron chi connectivity index (χ4n) is 3.89. The number of rotatable bonds is 11. The van der Waals surface area contributed by atoms with Gasteiger partial charge in [-0.05, 0) is 42.5 Å². The van der Waals surface area contributed by atoms with E-state index in [9.17, 15) is 0 Å². The van der Waals surface area contributed by atoms with E-state index in [-0.39, 0.29) is 11.5 Å². The van der Waals surface area contributed by atoms with Gasteiger partial charge in [0.2, 0.25) is 5.95 Å². The molecule has 1 unspecified atom stereocenters. The molecule has 1 atom stereocenters. The summed E-state index contributed by atoms with van der Waals surface area (Å²) in [6, 6.07) is 6.43. The van der Waals surface area contributed by atoms with Gasteiger partial charge >= 0.3 is 0 Å². The van der Waals surface area contributed by atoms with Gasteiger partial charge < -0.3 is 30.7 Å². The Morgan fingerprint density at radius 1 is 1.18 bits per heavy atom. The second kappa shape index (κ2) is 10.4. The van der Waals surface area contributed by atoms with Gasteiger partial charge in [0.1, 0.15) is 11.8 Å². The highest BCUT2D eigenvalue weighted by atomic mass is 16.5. The molecule has 0 amide bonds. The van der Waals surface area contributed by atoms with E-state index in [1.807, 2.05) is 4.57 Å². The fraction of sp³-hybridized carbons (Fsp3) is 0.500. The second-order valence-electron chi connectivity index (χ2n) is 9.57. The number of aromatic nitrogens is 6. The predicted molar refractivity (Wildman–Crippen MR) is 136 cm³/mol. The van der Waals surface area contributed by atoms with Crippen molar-refractivity contribution < 1.29 is 4.74 Å². The lowest BCUT2D eigenvalue weighted by molar-refractivity contribution is 0.0910. The third-order valence-electron chi connectivity index (χ3n) is 6.00. The number of fused-ring (bicyclic) bond motifs is 2. The number of H-pyrrole nitrogens is 1. The molecular formula is C24H35N9O. The van der Waals surface area contributed by atoms with E-state index in [1.165, 1.54) is 11.9 Å². The largest absolute Gasteiger partial charge is 0.382 e. The molecule has 0 aliphatic carbocycles. The van der Waals surface area contributed by atoms with Crippen LogP contribution < -0.4 is 16.4 Å². The number of hydrogen-bond donors (Lipinski definition) is 4. The number of nitrogens with two attached hydrogens (primary N) is 1. The lowest BCUT2D eigenvalue weighted by atomic mass is 9.87. The number of methoxy groups -OCH3 is 1. The van der Waals surface area contributed by atoms with Crippen LogP contribution in [0.3, 0.4) is 0 Å². The molecule has 3 heterocycles. The molecule has 34 heavy (non-hydrogen) atoms. The zero-order chi connectivity index (χ0) is 24.1. The van der Waals surface area contributed by atoms with Crippen molar-refractivity contribution in [2.45, 2.75) is 51.7 Å². The van der Waals surface area contributed by atoms with Crippen LogP contribution in [0.2, 0.25) is 0 Å². The van der Waals surface area contributed by atoms with E-state index in [4.69, 9.17) is 10.5 Å². The lowest BCUT2D eigenvalue weighted by Crippen LogP contribution is -2.30. The summed E-state index contributed by atoms with van der Waals surface area (Å²) in [5.41, 5.74) is 10.7. The standard InChI is InChI=1S/C24H35N9O/c1-24(2,3)16-6-7-18-19(12-16)32-23(31-18)27-10-5-9-26-13-17(34-4)8-11-33-15-30-20-21(25)28-14-29-22(20)33/h6-7,12,14-15,17,26H,5,8-11,13H2,1-4H3,(H2,25,28,29)(H2,27,31,32). The normalized spacial score (nSPS) is 13.1. The van der Waals surface area contributed by atoms with E-state index >= 15 is 0 Å². The van der Waals surface area contributed by atoms with Gasteiger partial charge in [0.15, 0.2) is 11.5 Å². The maximum Gasteiger partial charge on any atom is 0.201 e. The molecule has 3 aromatic heterocycles. The van der Waals surface area contributed by atoms with Crippen molar-refractivity contribution in [1.82, 2.24) is 34.8 Å². The summed E-state index contributed by atoms with van der Waals surface area (Å²) < 4.78 is 7.63. The van der Waals surface area contributed by atoms with Gasteiger partial charge in [0.25, 0.3) is 0 Å². The molecule has 4 aromatic rings. The topological polar surface area (TPSA) is 132 Å². The Labute approximate surface area is 199 Å². The van der Waals surface area contributed by atoms with Crippen molar-refractivity contribution in [2.24, 2.45) is 0 Å². The Kier molecular flexibility index (Phi) is 7.28. The molecule has 0 fully saturated rings. The summed E-state index contributed by atoms with van der Waals surface area (Å²) in [4.78, 5) is 20.6. The van der Waals surface area contributed by atoms with E-state index in [1.54, 1.807) is 13.4 Å². The molecular weight excluding hydrogens is 430 g/mol. The Hall–Kier alpha value is -3.24. The van der Waals surface area contributed by atoms with Crippen molar-refractivity contribution in [3.8, 4) is 0 Å². The van der Waals surface area contributed by atoms with Gasteiger partial charge in [0, 0.05) is 26.7 Å². The number of benzene rings is 1. The average molecular weight is 466 g/mol. The summed E-state index contributed by atoms with van der Waals surface area (Å²) in [5.74, 6) is 1.22. The number of imidazole rings is 2. The van der Waals surface area contributed by atoms with Crippen LogP contribution in [0, 0.1) is 0 Å². The molecule has 182 valence electrons. The van der Waals surface area contributed by atoms with Gasteiger partial charge in [-0.3, -0.25) is 0 Å². The Balaban J connectivity index is 1.17. The maximum atomic E-state index is 5.86. The highest BCUT2D eigenvalue weighted by molar-refractivity contribution is 5.81. The smallest absolute Gasteiger partial charge is 0.201 e. The van der Waals surface area contributed by atoms with Crippen LogP contribution in [0.25, 0.3) is 22.2 Å². The van der Waals surface area contributed by atoms with Crippen LogP contribution in [0.4, 0.5) is 11.8 Å². The second-order valence-corrected chi connectivity index (χ2v) is 9.57. The van der Waals surface area contributed by atoms with E-state index in [2.05, 4.69) is 74.5 Å². The summed E-state index contributed by atoms with van der Waals surface area (Å²) >= 11 is 0. The van der Waals surface area contributed by atoms with Crippen molar-refractivity contribution in [3.63, 3.8) is 0 Å². The minimum absolute atomic E-state index is 0.0944. The zero-order valence-electron chi connectivity index (χ0n) is 20.4. The lowest BCUT2D eigenvalue weighted by Gasteiger charge is -2.18. The van der Waals surface area contributed by atoms with Crippen LogP contribution in [-0.4, -0.2) is 62.3 Å². The van der Waals surface area contributed by atoms with Crippen molar-refractivity contribution >= 4 is 34.0 Å². The summed E-state index contributed by atoms with van der Waals surface area (Å²) in [5, 5.41) is 6.87. The number of aromatic amines is 1. The molecule has 0 saturated heterocycles. The van der Waals surface area contributed by atoms with Crippen LogP contribution >= 0.6 is 0 Å². The molecule has 0 bridgehead atoms. The molecule has 1 aromatic carbocycles. The molecule has 0 spiro atoms. The summed E-state index contributed by atoms with van der Waals surface area (Å²) in [6.07, 6.45) is 5.13. The first kappa shape index (κ1) is 23.9. The van der Waals surface area contributed by atoms with Crippen LogP contribution in [0.1, 0.15) is 39.2 Å². The molecule has 10 heteroatoms. The highest BCUT2D eigenvalue weighted by Crippen LogP contribution is 2.25. The van der Waals surface area contributed by atoms with Crippen LogP contribution in [0.5, 0.6) is 0 Å². The van der Waals surface area contributed by atoms with Crippen LogP contribution in [-0.2, 0) is 16.7 Å². The van der Waals surface area contributed by atoms with E-state index in [0.717, 1.165) is 61.6 Å². The SMILES string of the molecule is COC(CCn1cnc2c(N)ncnc21)CNCCCNc1nc2ccc(C(C)(C)C)cc2[nH]1. The van der Waals surface area contributed by atoms with Gasteiger partial charge in [0.05, 0.1) is 23.5 Å². The first-order valence-corrected chi connectivity index (χ1v) is 11.7. The minimum Gasteiger partial charge on any atom is -0.382 e. The van der Waals surface area contributed by atoms with Crippen molar-refractivity contribution in [3.05, 3.63) is 36.4 Å². The minimum atomic E-state index is 0.0944. The van der Waals surface area contributed by atoms with Gasteiger partial charge in [-0.25, -0.2) is 19.9 Å². The van der Waals surface area contributed by atoms with Gasteiger partial charge in [-0.15, -0.1) is 0 Å². The molecule has 0 aliphatic rings. The summed E-state index contributed by atoms with van der Waals surface area (Å²) in [7, 11) is 1.74. The average Bonchev–Trinajstić information content (AvgIpc) is 3.41. The van der Waals surface area contributed by atoms with Gasteiger partial charge in [-0.1, -0.05) is 26.8 Å². The third kappa shape index (κ3) is 5.63. The molecule has 0 radical (unpaired) electrons. The molecule has 10 nitrogen and oxygen atoms in total. The van der Waals surface area contributed by atoms with Crippen molar-refractivity contribution in [2.75, 3.05) is 37.8 Å². The number of nitrogens with zero attached hydrogens (tertiary/aromatic N) is 5. The quantitative estimate of drug-likeness (QED) is 0.249. The first-order chi connectivity index (χ1) is 16.3. The van der Waals surface area contributed by atoms with Gasteiger partial charge in [-0.2, -0.15) is 0 Å². The third-order valence-corrected chi connectivity index (χ3v) is 6.00. The molecule has 4 rings (SSSR count). The number of nitrogens with one attached hydrogen (secondary N) is 3. The zero-order valence-corrected chi connectivity index (χ0v) is 20.4. The Morgan fingerprint density at radius 3 is 2.82 bits per heavy atom. The number of aryl methyl sites for hydroxylation is 1. The Morgan fingerprint density at radius 2 is 2.03 bits per heavy atom. The molecule has 0 aliphatic heterocycles. The molecule has 5 N–H and O–H groups in total. The highest BCUT2D eigenvalue weighted by Gasteiger charge is 2.15. The number of nitrogen functional groups attached to an aromatic ring is 1. The number of ether oxygens (including phenoxy) is 1. The maximum absolute atomic E-state index is 5.86. The van der Waals surface area contributed by atoms with E-state index < -0.39 is 0 Å². The van der Waals surface area contributed by atoms with E-state index in [0.29, 0.717) is 11.3 Å². The fourth-order valence-corrected chi connectivity index (χ4v) is 3.89. The molecule has 0 saturated carbocycles. The Bertz CT molecular complexity index is 1220. The van der Waals surface area contributed by atoms with Crippen LogP contribution in [0.15, 0.2) is 30.9 Å².